The van der Waals surface area contributed by atoms with Gasteiger partial charge in [0.1, 0.15) is 0 Å². The van der Waals surface area contributed by atoms with Crippen LogP contribution in [0.1, 0.15) is 18.4 Å². The lowest BCUT2D eigenvalue weighted by Gasteiger charge is -2.36. The summed E-state index contributed by atoms with van der Waals surface area (Å²) in [7, 11) is 1.65. The molecule has 0 atom stereocenters. The Hall–Kier alpha value is -1.88. The molecular formula is C17H23N3O2. The summed E-state index contributed by atoms with van der Waals surface area (Å²) in [6.07, 6.45) is 1.91. The minimum absolute atomic E-state index is 0.0303. The van der Waals surface area contributed by atoms with Crippen molar-refractivity contribution >= 4 is 11.8 Å². The van der Waals surface area contributed by atoms with E-state index in [1.54, 1.807) is 7.05 Å². The van der Waals surface area contributed by atoms with E-state index in [-0.39, 0.29) is 17.2 Å². The smallest absolute Gasteiger partial charge is 0.233 e. The Kier molecular flexibility index (Phi) is 4.16. The molecule has 2 fully saturated rings. The molecule has 1 aromatic carbocycles. The summed E-state index contributed by atoms with van der Waals surface area (Å²) in [5, 5.41) is 2.64. The Balaban J connectivity index is 1.60. The second-order valence-electron chi connectivity index (χ2n) is 6.19. The maximum absolute atomic E-state index is 12.9. The molecule has 0 bridgehead atoms. The minimum atomic E-state index is -0.274. The second-order valence-corrected chi connectivity index (χ2v) is 6.19. The van der Waals surface area contributed by atoms with E-state index < -0.39 is 0 Å². The van der Waals surface area contributed by atoms with E-state index in [2.05, 4.69) is 22.3 Å². The van der Waals surface area contributed by atoms with Crippen LogP contribution >= 0.6 is 0 Å². The average Bonchev–Trinajstić information content (AvgIpc) is 3.37. The van der Waals surface area contributed by atoms with Crippen molar-refractivity contribution in [2.45, 2.75) is 18.3 Å². The number of carbonyl (C=O) groups excluding carboxylic acids is 2. The van der Waals surface area contributed by atoms with Crippen LogP contribution in [0.3, 0.4) is 0 Å². The molecule has 3 rings (SSSR count). The van der Waals surface area contributed by atoms with Gasteiger partial charge in [-0.25, -0.2) is 0 Å². The molecule has 1 aliphatic heterocycles. The number of likely N-dealkylation sites (N-methyl/N-ethyl adjacent to an activating group) is 1. The normalized spacial score (nSPS) is 20.5. The van der Waals surface area contributed by atoms with Gasteiger partial charge in [-0.3, -0.25) is 14.5 Å². The molecule has 2 aliphatic rings. The summed E-state index contributed by atoms with van der Waals surface area (Å²) in [5.41, 5.74) is 0.873. The van der Waals surface area contributed by atoms with E-state index in [0.29, 0.717) is 19.6 Å². The van der Waals surface area contributed by atoms with Gasteiger partial charge in [0.25, 0.3) is 0 Å². The van der Waals surface area contributed by atoms with Crippen LogP contribution in [0.25, 0.3) is 0 Å². The zero-order valence-electron chi connectivity index (χ0n) is 13.0. The molecule has 0 radical (unpaired) electrons. The first kappa shape index (κ1) is 15.0. The predicted octanol–water partition coefficient (Wildman–Crippen LogP) is 0.608. The van der Waals surface area contributed by atoms with E-state index in [0.717, 1.165) is 31.5 Å². The molecule has 118 valence electrons. The highest BCUT2D eigenvalue weighted by Crippen LogP contribution is 2.49. The Bertz CT molecular complexity index is 546. The molecule has 22 heavy (non-hydrogen) atoms. The number of hydrogen-bond acceptors (Lipinski definition) is 3. The van der Waals surface area contributed by atoms with Crippen LogP contribution in [0.5, 0.6) is 0 Å². The van der Waals surface area contributed by atoms with Gasteiger partial charge in [-0.1, -0.05) is 30.3 Å². The number of benzene rings is 1. The van der Waals surface area contributed by atoms with Gasteiger partial charge in [0, 0.05) is 33.2 Å². The molecule has 1 saturated carbocycles. The van der Waals surface area contributed by atoms with Gasteiger partial charge < -0.3 is 10.2 Å². The highest BCUT2D eigenvalue weighted by molar-refractivity contribution is 5.91. The number of hydrogen-bond donors (Lipinski definition) is 1. The highest BCUT2D eigenvalue weighted by Gasteiger charge is 2.53. The van der Waals surface area contributed by atoms with Crippen molar-refractivity contribution in [3.63, 3.8) is 0 Å². The molecule has 1 aliphatic carbocycles. The third kappa shape index (κ3) is 2.86. The maximum atomic E-state index is 12.9. The van der Waals surface area contributed by atoms with Crippen molar-refractivity contribution in [2.75, 3.05) is 39.8 Å². The molecule has 1 saturated heterocycles. The molecule has 2 amide bonds. The third-order valence-corrected chi connectivity index (χ3v) is 4.79. The van der Waals surface area contributed by atoms with Gasteiger partial charge in [0.2, 0.25) is 11.8 Å². The lowest BCUT2D eigenvalue weighted by molar-refractivity contribution is -0.136. The Morgan fingerprint density at radius 1 is 1.09 bits per heavy atom. The molecule has 1 aromatic rings. The largest absolute Gasteiger partial charge is 0.358 e. The zero-order valence-corrected chi connectivity index (χ0v) is 13.0. The van der Waals surface area contributed by atoms with Crippen molar-refractivity contribution in [3.8, 4) is 0 Å². The van der Waals surface area contributed by atoms with Crippen LogP contribution < -0.4 is 5.32 Å². The minimum Gasteiger partial charge on any atom is -0.358 e. The number of nitrogens with one attached hydrogen (secondary N) is 1. The SMILES string of the molecule is CNC(=O)CN1CCN(C(=O)C2(c3ccccc3)CC2)CC1. The van der Waals surface area contributed by atoms with E-state index in [4.69, 9.17) is 0 Å². The molecule has 0 aromatic heterocycles. The topological polar surface area (TPSA) is 52.7 Å². The van der Waals surface area contributed by atoms with Crippen molar-refractivity contribution < 1.29 is 9.59 Å². The van der Waals surface area contributed by atoms with E-state index in [1.807, 2.05) is 23.1 Å². The van der Waals surface area contributed by atoms with Crippen LogP contribution in [0.15, 0.2) is 30.3 Å². The second kappa shape index (κ2) is 6.08. The molecule has 0 unspecified atom stereocenters. The van der Waals surface area contributed by atoms with Gasteiger partial charge in [-0.15, -0.1) is 0 Å². The van der Waals surface area contributed by atoms with Gasteiger partial charge >= 0.3 is 0 Å². The van der Waals surface area contributed by atoms with Crippen LogP contribution in [-0.4, -0.2) is 61.4 Å². The van der Waals surface area contributed by atoms with Gasteiger partial charge in [0.05, 0.1) is 12.0 Å². The van der Waals surface area contributed by atoms with Crippen molar-refractivity contribution in [2.24, 2.45) is 0 Å². The summed E-state index contributed by atoms with van der Waals surface area (Å²) in [4.78, 5) is 28.4. The summed E-state index contributed by atoms with van der Waals surface area (Å²) in [6, 6.07) is 10.1. The maximum Gasteiger partial charge on any atom is 0.233 e. The number of carbonyl (C=O) groups is 2. The number of nitrogens with zero attached hydrogens (tertiary/aromatic N) is 2. The fourth-order valence-corrected chi connectivity index (χ4v) is 3.20. The Labute approximate surface area is 131 Å². The summed E-state index contributed by atoms with van der Waals surface area (Å²) in [5.74, 6) is 0.293. The van der Waals surface area contributed by atoms with Gasteiger partial charge in [-0.2, -0.15) is 0 Å². The molecular weight excluding hydrogens is 278 g/mol. The molecule has 5 heteroatoms. The molecule has 1 N–H and O–H groups in total. The number of piperazine rings is 1. The fourth-order valence-electron chi connectivity index (χ4n) is 3.20. The van der Waals surface area contributed by atoms with E-state index in [9.17, 15) is 9.59 Å². The number of amides is 2. The van der Waals surface area contributed by atoms with Gasteiger partial charge in [-0.05, 0) is 18.4 Å². The van der Waals surface area contributed by atoms with Crippen molar-refractivity contribution in [3.05, 3.63) is 35.9 Å². The highest BCUT2D eigenvalue weighted by atomic mass is 16.2. The van der Waals surface area contributed by atoms with Crippen molar-refractivity contribution in [1.29, 1.82) is 0 Å². The average molecular weight is 301 g/mol. The molecule has 0 spiro atoms. The zero-order chi connectivity index (χ0) is 15.6. The Morgan fingerprint density at radius 2 is 1.73 bits per heavy atom. The van der Waals surface area contributed by atoms with Crippen LogP contribution in [0.4, 0.5) is 0 Å². The van der Waals surface area contributed by atoms with Gasteiger partial charge in [0.15, 0.2) is 0 Å². The lowest BCUT2D eigenvalue weighted by Crippen LogP contribution is -2.53. The standard InChI is InChI=1S/C17H23N3O2/c1-18-15(21)13-19-9-11-20(12-10-19)16(22)17(7-8-17)14-5-3-2-4-6-14/h2-6H,7-13H2,1H3,(H,18,21). The lowest BCUT2D eigenvalue weighted by atomic mass is 9.94. The summed E-state index contributed by atoms with van der Waals surface area (Å²) >= 11 is 0. The molecule has 1 heterocycles. The first-order valence-electron chi connectivity index (χ1n) is 7.93. The predicted molar refractivity (Wildman–Crippen MR) is 84.4 cm³/mol. The molecule has 5 nitrogen and oxygen atoms in total. The van der Waals surface area contributed by atoms with Crippen molar-refractivity contribution in [1.82, 2.24) is 15.1 Å². The van der Waals surface area contributed by atoms with E-state index >= 15 is 0 Å². The quantitative estimate of drug-likeness (QED) is 0.886. The first-order chi connectivity index (χ1) is 10.7. The summed E-state index contributed by atoms with van der Waals surface area (Å²) < 4.78 is 0. The van der Waals surface area contributed by atoms with Crippen LogP contribution in [-0.2, 0) is 15.0 Å². The van der Waals surface area contributed by atoms with E-state index in [1.165, 1.54) is 0 Å². The van der Waals surface area contributed by atoms with Crippen LogP contribution in [0, 0.1) is 0 Å². The fraction of sp³-hybridized carbons (Fsp3) is 0.529. The van der Waals surface area contributed by atoms with Crippen LogP contribution in [0.2, 0.25) is 0 Å². The summed E-state index contributed by atoms with van der Waals surface area (Å²) in [6.45, 7) is 3.38. The first-order valence-corrected chi connectivity index (χ1v) is 7.93. The third-order valence-electron chi connectivity index (χ3n) is 4.79. The monoisotopic (exact) mass is 301 g/mol. The number of rotatable bonds is 4. The Morgan fingerprint density at radius 3 is 2.27 bits per heavy atom.